The molecule has 2 heteroatoms. The Kier molecular flexibility index (Phi) is 4.33. The molecule has 0 bridgehead atoms. The minimum absolute atomic E-state index is 0.318. The molecule has 0 aliphatic rings. The third kappa shape index (κ3) is 3.38. The van der Waals surface area contributed by atoms with Gasteiger partial charge >= 0.3 is 0 Å². The summed E-state index contributed by atoms with van der Waals surface area (Å²) in [5.74, 6) is 0. The molecule has 0 spiro atoms. The van der Waals surface area contributed by atoms with Crippen LogP contribution in [-0.4, -0.2) is 6.54 Å². The Morgan fingerprint density at radius 3 is 2.80 bits per heavy atom. The number of hydrogen-bond donors (Lipinski definition) is 1. The number of nitrogens with one attached hydrogen (secondary N) is 1. The number of nitrogens with zero attached hydrogens (tertiary/aromatic N) is 1. The van der Waals surface area contributed by atoms with Crippen molar-refractivity contribution in [3.8, 4) is 6.07 Å². The molecule has 15 heavy (non-hydrogen) atoms. The molecular formula is C13H18N2. The van der Waals surface area contributed by atoms with Gasteiger partial charge in [-0.1, -0.05) is 23.8 Å². The standard InChI is InChI=1S/C13H18N2/c1-10-5-6-11(2)13(9-10)12(3)15-8-4-7-14/h5-6,9,12,15H,4,8H2,1-3H3. The quantitative estimate of drug-likeness (QED) is 0.762. The first-order chi connectivity index (χ1) is 7.15. The Morgan fingerprint density at radius 2 is 2.13 bits per heavy atom. The van der Waals surface area contributed by atoms with Crippen LogP contribution >= 0.6 is 0 Å². The molecule has 0 aromatic heterocycles. The highest BCUT2D eigenvalue weighted by atomic mass is 14.9. The monoisotopic (exact) mass is 202 g/mol. The summed E-state index contributed by atoms with van der Waals surface area (Å²) in [6, 6.07) is 8.94. The third-order valence-electron chi connectivity index (χ3n) is 2.59. The van der Waals surface area contributed by atoms with Crippen molar-refractivity contribution >= 4 is 0 Å². The van der Waals surface area contributed by atoms with Crippen molar-refractivity contribution in [2.45, 2.75) is 33.2 Å². The second-order valence-corrected chi connectivity index (χ2v) is 3.94. The summed E-state index contributed by atoms with van der Waals surface area (Å²) in [6.07, 6.45) is 0.565. The molecule has 2 nitrogen and oxygen atoms in total. The van der Waals surface area contributed by atoms with Crippen LogP contribution in [0.4, 0.5) is 0 Å². The average Bonchev–Trinajstić information content (AvgIpc) is 2.22. The maximum absolute atomic E-state index is 8.46. The summed E-state index contributed by atoms with van der Waals surface area (Å²) in [6.45, 7) is 7.12. The predicted molar refractivity (Wildman–Crippen MR) is 62.6 cm³/mol. The molecule has 1 rings (SSSR count). The molecule has 0 radical (unpaired) electrons. The maximum atomic E-state index is 8.46. The molecule has 0 fully saturated rings. The van der Waals surface area contributed by atoms with Crippen LogP contribution in [0.25, 0.3) is 0 Å². The fourth-order valence-electron chi connectivity index (χ4n) is 1.68. The smallest absolute Gasteiger partial charge is 0.0635 e. The molecule has 80 valence electrons. The van der Waals surface area contributed by atoms with E-state index in [0.29, 0.717) is 12.5 Å². The van der Waals surface area contributed by atoms with Gasteiger partial charge in [-0.05, 0) is 31.9 Å². The van der Waals surface area contributed by atoms with E-state index >= 15 is 0 Å². The topological polar surface area (TPSA) is 35.8 Å². The average molecular weight is 202 g/mol. The van der Waals surface area contributed by atoms with Gasteiger partial charge in [-0.2, -0.15) is 5.26 Å². The molecule has 0 aliphatic carbocycles. The summed E-state index contributed by atoms with van der Waals surface area (Å²) in [5, 5.41) is 11.8. The van der Waals surface area contributed by atoms with Gasteiger partial charge in [0.25, 0.3) is 0 Å². The summed E-state index contributed by atoms with van der Waals surface area (Å²) < 4.78 is 0. The lowest BCUT2D eigenvalue weighted by Gasteiger charge is -2.16. The number of aryl methyl sites for hydroxylation is 2. The SMILES string of the molecule is Cc1ccc(C)c(C(C)NCCC#N)c1. The van der Waals surface area contributed by atoms with Gasteiger partial charge in [0.1, 0.15) is 0 Å². The molecule has 1 aromatic carbocycles. The van der Waals surface area contributed by atoms with E-state index in [9.17, 15) is 0 Å². The first kappa shape index (κ1) is 11.7. The highest BCUT2D eigenvalue weighted by molar-refractivity contribution is 5.32. The molecule has 0 saturated heterocycles. The van der Waals surface area contributed by atoms with Crippen LogP contribution in [0.2, 0.25) is 0 Å². The van der Waals surface area contributed by atoms with E-state index in [1.54, 1.807) is 0 Å². The molecular weight excluding hydrogens is 184 g/mol. The lowest BCUT2D eigenvalue weighted by Crippen LogP contribution is -2.20. The molecule has 1 atom stereocenters. The van der Waals surface area contributed by atoms with Crippen molar-refractivity contribution in [2.24, 2.45) is 0 Å². The van der Waals surface area contributed by atoms with Crippen molar-refractivity contribution in [3.05, 3.63) is 34.9 Å². The second kappa shape index (κ2) is 5.53. The van der Waals surface area contributed by atoms with E-state index in [0.717, 1.165) is 6.54 Å². The van der Waals surface area contributed by atoms with E-state index in [1.807, 2.05) is 0 Å². The normalized spacial score (nSPS) is 12.1. The molecule has 1 aromatic rings. The van der Waals surface area contributed by atoms with E-state index in [2.05, 4.69) is 50.4 Å². The van der Waals surface area contributed by atoms with Crippen LogP contribution in [0, 0.1) is 25.2 Å². The van der Waals surface area contributed by atoms with Crippen molar-refractivity contribution in [2.75, 3.05) is 6.54 Å². The lowest BCUT2D eigenvalue weighted by atomic mass is 10.00. The Hall–Kier alpha value is -1.33. The highest BCUT2D eigenvalue weighted by Crippen LogP contribution is 2.18. The number of benzene rings is 1. The molecule has 0 saturated carbocycles. The van der Waals surface area contributed by atoms with Crippen LogP contribution < -0.4 is 5.32 Å². The Balaban J connectivity index is 2.69. The number of rotatable bonds is 4. The second-order valence-electron chi connectivity index (χ2n) is 3.94. The fraction of sp³-hybridized carbons (Fsp3) is 0.462. The summed E-state index contributed by atoms with van der Waals surface area (Å²) >= 11 is 0. The van der Waals surface area contributed by atoms with Crippen molar-refractivity contribution in [3.63, 3.8) is 0 Å². The van der Waals surface area contributed by atoms with E-state index < -0.39 is 0 Å². The van der Waals surface area contributed by atoms with Crippen LogP contribution in [0.5, 0.6) is 0 Å². The highest BCUT2D eigenvalue weighted by Gasteiger charge is 2.07. The number of nitriles is 1. The maximum Gasteiger partial charge on any atom is 0.0635 e. The van der Waals surface area contributed by atoms with Gasteiger partial charge in [0.15, 0.2) is 0 Å². The van der Waals surface area contributed by atoms with E-state index in [1.165, 1.54) is 16.7 Å². The van der Waals surface area contributed by atoms with Crippen LogP contribution in [-0.2, 0) is 0 Å². The van der Waals surface area contributed by atoms with Gasteiger partial charge in [0.05, 0.1) is 6.07 Å². The predicted octanol–water partition coefficient (Wildman–Crippen LogP) is 2.87. The van der Waals surface area contributed by atoms with Gasteiger partial charge in [0, 0.05) is 19.0 Å². The van der Waals surface area contributed by atoms with Crippen molar-refractivity contribution in [1.29, 1.82) is 5.26 Å². The van der Waals surface area contributed by atoms with Gasteiger partial charge < -0.3 is 5.32 Å². The summed E-state index contributed by atoms with van der Waals surface area (Å²) in [7, 11) is 0. The van der Waals surface area contributed by atoms with Crippen LogP contribution in [0.15, 0.2) is 18.2 Å². The first-order valence-corrected chi connectivity index (χ1v) is 5.32. The number of hydrogen-bond acceptors (Lipinski definition) is 2. The summed E-state index contributed by atoms with van der Waals surface area (Å²) in [5.41, 5.74) is 3.91. The van der Waals surface area contributed by atoms with Gasteiger partial charge in [-0.25, -0.2) is 0 Å². The van der Waals surface area contributed by atoms with Crippen molar-refractivity contribution in [1.82, 2.24) is 5.32 Å². The molecule has 0 aliphatic heterocycles. The molecule has 1 N–H and O–H groups in total. The lowest BCUT2D eigenvalue weighted by molar-refractivity contribution is 0.580. The van der Waals surface area contributed by atoms with Crippen LogP contribution in [0.3, 0.4) is 0 Å². The van der Waals surface area contributed by atoms with Crippen molar-refractivity contribution < 1.29 is 0 Å². The van der Waals surface area contributed by atoms with Gasteiger partial charge in [-0.3, -0.25) is 0 Å². The third-order valence-corrected chi connectivity index (χ3v) is 2.59. The van der Waals surface area contributed by atoms with Gasteiger partial charge in [0.2, 0.25) is 0 Å². The fourth-order valence-corrected chi connectivity index (χ4v) is 1.68. The Labute approximate surface area is 91.9 Å². The Bertz CT molecular complexity index is 363. The first-order valence-electron chi connectivity index (χ1n) is 5.32. The zero-order chi connectivity index (χ0) is 11.3. The minimum Gasteiger partial charge on any atom is -0.309 e. The molecule has 0 amide bonds. The minimum atomic E-state index is 0.318. The van der Waals surface area contributed by atoms with Gasteiger partial charge in [-0.15, -0.1) is 0 Å². The van der Waals surface area contributed by atoms with Crippen LogP contribution in [0.1, 0.15) is 36.1 Å². The zero-order valence-corrected chi connectivity index (χ0v) is 9.67. The zero-order valence-electron chi connectivity index (χ0n) is 9.67. The molecule has 1 unspecified atom stereocenters. The van der Waals surface area contributed by atoms with E-state index in [-0.39, 0.29) is 0 Å². The van der Waals surface area contributed by atoms with E-state index in [4.69, 9.17) is 5.26 Å². The summed E-state index contributed by atoms with van der Waals surface area (Å²) in [4.78, 5) is 0. The largest absolute Gasteiger partial charge is 0.309 e. The Morgan fingerprint density at radius 1 is 1.40 bits per heavy atom. The molecule has 0 heterocycles.